The van der Waals surface area contributed by atoms with Crippen LogP contribution in [0.25, 0.3) is 0 Å². The molecule has 0 amide bonds. The van der Waals surface area contributed by atoms with E-state index in [0.717, 1.165) is 18.9 Å². The lowest BCUT2D eigenvalue weighted by Crippen LogP contribution is -2.68. The maximum atomic E-state index is 14.0. The summed E-state index contributed by atoms with van der Waals surface area (Å²) < 4.78 is 14.0. The van der Waals surface area contributed by atoms with Gasteiger partial charge in [-0.05, 0) is 172 Å². The van der Waals surface area contributed by atoms with E-state index in [1.54, 1.807) is 0 Å². The highest BCUT2D eigenvalue weighted by Crippen LogP contribution is 2.76. The summed E-state index contributed by atoms with van der Waals surface area (Å²) in [6.45, 7) is 24.2. The van der Waals surface area contributed by atoms with E-state index in [9.17, 15) is 14.3 Å². The predicted molar refractivity (Wildman–Crippen MR) is 199 cm³/mol. The van der Waals surface area contributed by atoms with E-state index in [4.69, 9.17) is 0 Å². The van der Waals surface area contributed by atoms with Crippen molar-refractivity contribution in [1.29, 1.82) is 0 Å². The van der Waals surface area contributed by atoms with Crippen LogP contribution in [-0.2, 0) is 4.79 Å². The average Bonchev–Trinajstić information content (AvgIpc) is 3.45. The first-order valence-corrected chi connectivity index (χ1v) is 20.5. The Morgan fingerprint density at radius 3 is 2.33 bits per heavy atom. The molecule has 0 radical (unpaired) electrons. The number of piperidine rings is 1. The van der Waals surface area contributed by atoms with Gasteiger partial charge in [-0.15, -0.1) is 0 Å². The second-order valence-corrected chi connectivity index (χ2v) is 19.9. The predicted octanol–water partition coefficient (Wildman–Crippen LogP) is 10.2. The van der Waals surface area contributed by atoms with Crippen molar-refractivity contribution in [1.82, 2.24) is 10.2 Å². The molecule has 1 aliphatic heterocycles. The van der Waals surface area contributed by atoms with Crippen LogP contribution in [0.1, 0.15) is 138 Å². The summed E-state index contributed by atoms with van der Waals surface area (Å²) in [5, 5.41) is 14.1. The van der Waals surface area contributed by atoms with E-state index in [-0.39, 0.29) is 16.4 Å². The Bertz CT molecular complexity index is 1380. The zero-order valence-corrected chi connectivity index (χ0v) is 32.1. The molecule has 6 aliphatic carbocycles. The lowest BCUT2D eigenvalue weighted by atomic mass is 9.33. The van der Waals surface area contributed by atoms with Crippen molar-refractivity contribution in [3.63, 3.8) is 0 Å². The number of alkyl halides is 1. The summed E-state index contributed by atoms with van der Waals surface area (Å²) in [4.78, 5) is 14.7. The molecule has 0 aromatic heterocycles. The standard InChI is InChI=1S/C44H69FN2O2/c1-30(2)32-15-22-44(46-25-28-47-26-9-8-10-27-47)24-23-41(6)34(37(32)44)11-12-36-40(5)18-16-33(39(3,4)35(40)17-19-42(36,41)7)31-13-20-43(29-45,21-14-31)38(48)49/h13,16,32,34-37,46H,1,8-12,14-15,17-29H2,2-7H3,(H,48,49)/t32-,34+,35-,36+,37+,40-,41+,42+,43-,44-/m0/s1. The summed E-state index contributed by atoms with van der Waals surface area (Å²) in [5.74, 6) is 2.40. The summed E-state index contributed by atoms with van der Waals surface area (Å²) >= 11 is 0. The third kappa shape index (κ3) is 5.34. The van der Waals surface area contributed by atoms with E-state index in [2.05, 4.69) is 70.5 Å². The minimum absolute atomic E-state index is 0.0212. The number of nitrogens with one attached hydrogen (secondary N) is 1. The number of halogens is 1. The zero-order valence-electron chi connectivity index (χ0n) is 32.1. The molecule has 0 aromatic rings. The molecule has 1 heterocycles. The summed E-state index contributed by atoms with van der Waals surface area (Å²) in [6.07, 6.45) is 21.9. The highest BCUT2D eigenvalue weighted by Gasteiger charge is 2.70. The van der Waals surface area contributed by atoms with Crippen molar-refractivity contribution in [2.75, 3.05) is 32.9 Å². The van der Waals surface area contributed by atoms with Crippen LogP contribution in [0.2, 0.25) is 0 Å². The van der Waals surface area contributed by atoms with Gasteiger partial charge in [-0.25, -0.2) is 4.39 Å². The number of fused-ring (bicyclic) bond motifs is 7. The molecule has 2 N–H and O–H groups in total. The van der Waals surface area contributed by atoms with Crippen LogP contribution in [0.15, 0.2) is 35.5 Å². The Balaban J connectivity index is 1.15. The van der Waals surface area contributed by atoms with Crippen LogP contribution in [0.5, 0.6) is 0 Å². The van der Waals surface area contributed by atoms with Crippen LogP contribution in [-0.4, -0.2) is 54.4 Å². The lowest BCUT2D eigenvalue weighted by molar-refractivity contribution is -0.221. The van der Waals surface area contributed by atoms with Crippen molar-refractivity contribution in [2.24, 2.45) is 56.7 Å². The number of hydrogen-bond acceptors (Lipinski definition) is 3. The van der Waals surface area contributed by atoms with Crippen molar-refractivity contribution in [3.05, 3.63) is 35.5 Å². The van der Waals surface area contributed by atoms with Crippen molar-refractivity contribution in [2.45, 2.75) is 143 Å². The van der Waals surface area contributed by atoms with Gasteiger partial charge in [-0.2, -0.15) is 0 Å². The average molecular weight is 677 g/mol. The highest BCUT2D eigenvalue weighted by atomic mass is 19.1. The Kier molecular flexibility index (Phi) is 9.23. The number of likely N-dealkylation sites (tertiary alicyclic amines) is 1. The maximum absolute atomic E-state index is 14.0. The monoisotopic (exact) mass is 677 g/mol. The van der Waals surface area contributed by atoms with Gasteiger partial charge in [0, 0.05) is 18.6 Å². The number of nitrogens with zero attached hydrogens (tertiary/aromatic N) is 1. The third-order valence-electron chi connectivity index (χ3n) is 17.7. The van der Waals surface area contributed by atoms with Gasteiger partial charge < -0.3 is 15.3 Å². The Morgan fingerprint density at radius 1 is 0.918 bits per heavy atom. The molecule has 5 fully saturated rings. The molecule has 0 bridgehead atoms. The van der Waals surface area contributed by atoms with E-state index in [0.29, 0.717) is 53.8 Å². The first-order valence-electron chi connectivity index (χ1n) is 20.5. The minimum Gasteiger partial charge on any atom is -0.481 e. The molecule has 0 unspecified atom stereocenters. The summed E-state index contributed by atoms with van der Waals surface area (Å²) in [7, 11) is 0. The largest absolute Gasteiger partial charge is 0.481 e. The highest BCUT2D eigenvalue weighted by molar-refractivity contribution is 5.75. The fourth-order valence-corrected chi connectivity index (χ4v) is 14.8. The number of allylic oxidation sites excluding steroid dienone is 5. The molecule has 0 aromatic carbocycles. The number of aliphatic carboxylic acids is 1. The van der Waals surface area contributed by atoms with Crippen LogP contribution in [0.3, 0.4) is 0 Å². The fourth-order valence-electron chi connectivity index (χ4n) is 14.8. The van der Waals surface area contributed by atoms with Gasteiger partial charge in [0.1, 0.15) is 6.67 Å². The van der Waals surface area contributed by atoms with E-state index in [1.807, 2.05) is 0 Å². The molecule has 5 heteroatoms. The van der Waals surface area contributed by atoms with Gasteiger partial charge in [-0.3, -0.25) is 4.79 Å². The molecule has 4 nitrogen and oxygen atoms in total. The second-order valence-electron chi connectivity index (χ2n) is 19.9. The van der Waals surface area contributed by atoms with Crippen LogP contribution in [0, 0.1) is 56.7 Å². The van der Waals surface area contributed by atoms with Gasteiger partial charge in [0.05, 0.1) is 5.41 Å². The smallest absolute Gasteiger partial charge is 0.312 e. The molecule has 7 aliphatic rings. The van der Waals surface area contributed by atoms with Crippen molar-refractivity contribution < 1.29 is 14.3 Å². The molecule has 49 heavy (non-hydrogen) atoms. The normalized spacial score (nSPS) is 46.4. The van der Waals surface area contributed by atoms with Crippen LogP contribution >= 0.6 is 0 Å². The minimum atomic E-state index is -1.24. The van der Waals surface area contributed by atoms with E-state index in [1.165, 1.54) is 107 Å². The molecule has 1 saturated heterocycles. The molecule has 10 atom stereocenters. The second kappa shape index (κ2) is 12.6. The SMILES string of the molecule is C=C(C)[C@@H]1CC[C@]2(NCCN3CCCCC3)CC[C@]3(C)[C@H](CC[C@@H]4[C@@]5(C)CC=C(C6=CC[C@](CF)(C(=O)O)CC6)C(C)(C)[C@@H]5CC[C@]43C)[C@@H]12. The molecule has 0 spiro atoms. The first kappa shape index (κ1) is 35.9. The van der Waals surface area contributed by atoms with Gasteiger partial charge in [0.25, 0.3) is 0 Å². The first-order chi connectivity index (χ1) is 23.2. The number of carbonyl (C=O) groups is 1. The number of carboxylic acid groups (broad SMARTS) is 1. The van der Waals surface area contributed by atoms with Gasteiger partial charge in [-0.1, -0.05) is 65.3 Å². The summed E-state index contributed by atoms with van der Waals surface area (Å²) in [6, 6.07) is 0. The Hall–Kier alpha value is -1.46. The van der Waals surface area contributed by atoms with Crippen LogP contribution < -0.4 is 5.32 Å². The van der Waals surface area contributed by atoms with Crippen molar-refractivity contribution in [3.8, 4) is 0 Å². The molecule has 274 valence electrons. The van der Waals surface area contributed by atoms with Gasteiger partial charge >= 0.3 is 5.97 Å². The van der Waals surface area contributed by atoms with Gasteiger partial charge in [0.2, 0.25) is 0 Å². The Labute approximate surface area is 298 Å². The molecular weight excluding hydrogens is 607 g/mol. The Morgan fingerprint density at radius 2 is 1.67 bits per heavy atom. The topological polar surface area (TPSA) is 52.6 Å². The van der Waals surface area contributed by atoms with E-state index < -0.39 is 18.1 Å². The van der Waals surface area contributed by atoms with Gasteiger partial charge in [0.15, 0.2) is 0 Å². The lowest BCUT2D eigenvalue weighted by Gasteiger charge is -2.72. The number of hydrogen-bond donors (Lipinski definition) is 2. The van der Waals surface area contributed by atoms with Crippen molar-refractivity contribution >= 4 is 5.97 Å². The fraction of sp³-hybridized carbons (Fsp3) is 0.841. The maximum Gasteiger partial charge on any atom is 0.312 e. The number of carboxylic acids is 1. The molecule has 7 rings (SSSR count). The number of rotatable bonds is 8. The quantitative estimate of drug-likeness (QED) is 0.251. The zero-order chi connectivity index (χ0) is 35.0. The summed E-state index contributed by atoms with van der Waals surface area (Å²) in [5.41, 5.74) is 4.11. The van der Waals surface area contributed by atoms with Crippen LogP contribution in [0.4, 0.5) is 4.39 Å². The molecular formula is C44H69FN2O2. The third-order valence-corrected chi connectivity index (χ3v) is 17.7. The molecule has 4 saturated carbocycles. The van der Waals surface area contributed by atoms with E-state index >= 15 is 0 Å².